The van der Waals surface area contributed by atoms with Gasteiger partial charge in [0.25, 0.3) is 11.8 Å². The molecule has 0 aromatic heterocycles. The number of benzene rings is 4. The second-order valence-electron chi connectivity index (χ2n) is 11.0. The molecule has 0 aliphatic rings. The van der Waals surface area contributed by atoms with E-state index in [4.69, 9.17) is 4.74 Å². The summed E-state index contributed by atoms with van der Waals surface area (Å²) in [5, 5.41) is 5.94. The lowest BCUT2D eigenvalue weighted by Crippen LogP contribution is -2.27. The first-order valence-corrected chi connectivity index (χ1v) is 16.2. The van der Waals surface area contributed by atoms with Crippen LogP contribution in [0.4, 0.5) is 0 Å². The number of carbonyl (C=O) groups is 2. The molecular weight excluding hydrogens is 580 g/mol. The molecule has 0 spiro atoms. The van der Waals surface area contributed by atoms with Gasteiger partial charge in [-0.3, -0.25) is 9.59 Å². The van der Waals surface area contributed by atoms with Gasteiger partial charge in [-0.15, -0.1) is 11.8 Å². The lowest BCUT2D eigenvalue weighted by atomic mass is 10.2. The SMILES string of the molecule is CN(C)CCCNC(=O)c1cccc(Oc2ccccc2)c1.CN(C)CCCNC(=O)c1ccccc1SCc1ccccc1. The van der Waals surface area contributed by atoms with Crippen molar-refractivity contribution in [2.45, 2.75) is 23.5 Å². The summed E-state index contributed by atoms with van der Waals surface area (Å²) in [6.45, 7) is 3.30. The van der Waals surface area contributed by atoms with Crippen LogP contribution in [0.5, 0.6) is 11.5 Å². The van der Waals surface area contributed by atoms with Crippen molar-refractivity contribution in [1.29, 1.82) is 0 Å². The molecule has 0 saturated carbocycles. The van der Waals surface area contributed by atoms with Crippen molar-refractivity contribution in [3.63, 3.8) is 0 Å². The number of thioether (sulfide) groups is 1. The van der Waals surface area contributed by atoms with E-state index in [1.807, 2.05) is 113 Å². The van der Waals surface area contributed by atoms with E-state index in [9.17, 15) is 9.59 Å². The minimum Gasteiger partial charge on any atom is -0.457 e. The number of para-hydroxylation sites is 1. The molecule has 0 saturated heterocycles. The van der Waals surface area contributed by atoms with Crippen LogP contribution in [0.1, 0.15) is 39.1 Å². The van der Waals surface area contributed by atoms with Crippen LogP contribution in [-0.4, -0.2) is 76.0 Å². The topological polar surface area (TPSA) is 73.9 Å². The van der Waals surface area contributed by atoms with E-state index in [0.29, 0.717) is 24.4 Å². The number of amides is 2. The molecule has 0 fully saturated rings. The van der Waals surface area contributed by atoms with Crippen LogP contribution in [0.25, 0.3) is 0 Å². The number of nitrogens with one attached hydrogen (secondary N) is 2. The summed E-state index contributed by atoms with van der Waals surface area (Å²) in [4.78, 5) is 29.7. The van der Waals surface area contributed by atoms with E-state index in [1.165, 1.54) is 5.56 Å². The van der Waals surface area contributed by atoms with Crippen LogP contribution in [0.3, 0.4) is 0 Å². The van der Waals surface area contributed by atoms with Gasteiger partial charge in [0.2, 0.25) is 0 Å². The largest absolute Gasteiger partial charge is 0.457 e. The van der Waals surface area contributed by atoms with E-state index in [2.05, 4.69) is 32.6 Å². The van der Waals surface area contributed by atoms with Crippen LogP contribution in [0, 0.1) is 0 Å². The van der Waals surface area contributed by atoms with Gasteiger partial charge in [-0.2, -0.15) is 0 Å². The molecule has 2 amide bonds. The second kappa shape index (κ2) is 20.0. The first-order valence-electron chi connectivity index (χ1n) is 15.3. The Hall–Kier alpha value is -4.11. The second-order valence-corrected chi connectivity index (χ2v) is 12.1. The van der Waals surface area contributed by atoms with Crippen molar-refractivity contribution < 1.29 is 14.3 Å². The highest BCUT2D eigenvalue weighted by molar-refractivity contribution is 7.98. The van der Waals surface area contributed by atoms with Gasteiger partial charge >= 0.3 is 0 Å². The van der Waals surface area contributed by atoms with Crippen LogP contribution in [-0.2, 0) is 5.75 Å². The molecular formula is C37H46N4O3S. The zero-order valence-corrected chi connectivity index (χ0v) is 27.7. The monoisotopic (exact) mass is 626 g/mol. The van der Waals surface area contributed by atoms with Crippen molar-refractivity contribution in [2.75, 3.05) is 54.4 Å². The smallest absolute Gasteiger partial charge is 0.252 e. The minimum atomic E-state index is -0.0720. The Kier molecular flexibility index (Phi) is 15.7. The molecule has 4 rings (SSSR count). The molecule has 0 heterocycles. The van der Waals surface area contributed by atoms with Gasteiger partial charge in [0, 0.05) is 29.3 Å². The fraction of sp³-hybridized carbons (Fsp3) is 0.297. The van der Waals surface area contributed by atoms with Crippen molar-refractivity contribution in [2.24, 2.45) is 0 Å². The molecule has 0 unspecified atom stereocenters. The first kappa shape index (κ1) is 35.4. The molecule has 4 aromatic carbocycles. The van der Waals surface area contributed by atoms with E-state index in [1.54, 1.807) is 23.9 Å². The van der Waals surface area contributed by atoms with E-state index >= 15 is 0 Å². The highest BCUT2D eigenvalue weighted by atomic mass is 32.2. The summed E-state index contributed by atoms with van der Waals surface area (Å²) in [7, 11) is 8.12. The Morgan fingerprint density at radius 1 is 0.644 bits per heavy atom. The Labute approximate surface area is 273 Å². The predicted octanol–water partition coefficient (Wildman–Crippen LogP) is 6.82. The molecule has 238 valence electrons. The maximum absolute atomic E-state index is 12.4. The summed E-state index contributed by atoms with van der Waals surface area (Å²) >= 11 is 1.70. The Morgan fingerprint density at radius 2 is 1.20 bits per heavy atom. The molecule has 45 heavy (non-hydrogen) atoms. The van der Waals surface area contributed by atoms with E-state index in [0.717, 1.165) is 47.9 Å². The third-order valence-corrected chi connectivity index (χ3v) is 7.72. The Bertz CT molecular complexity index is 1430. The maximum atomic E-state index is 12.4. The Morgan fingerprint density at radius 3 is 1.84 bits per heavy atom. The summed E-state index contributed by atoms with van der Waals surface area (Å²) in [6, 6.07) is 34.9. The summed E-state index contributed by atoms with van der Waals surface area (Å²) < 4.78 is 5.74. The third-order valence-electron chi connectivity index (χ3n) is 6.58. The zero-order chi connectivity index (χ0) is 32.3. The van der Waals surface area contributed by atoms with Gasteiger partial charge < -0.3 is 25.2 Å². The molecule has 0 bridgehead atoms. The molecule has 0 aliphatic carbocycles. The maximum Gasteiger partial charge on any atom is 0.252 e. The van der Waals surface area contributed by atoms with Crippen molar-refractivity contribution in [3.05, 3.63) is 126 Å². The molecule has 2 N–H and O–H groups in total. The molecule has 4 aromatic rings. The molecule has 7 nitrogen and oxygen atoms in total. The number of rotatable bonds is 15. The van der Waals surface area contributed by atoms with Gasteiger partial charge in [0.15, 0.2) is 0 Å². The van der Waals surface area contributed by atoms with Crippen molar-refractivity contribution in [1.82, 2.24) is 20.4 Å². The van der Waals surface area contributed by atoms with Crippen LogP contribution < -0.4 is 15.4 Å². The number of ether oxygens (including phenoxy) is 1. The van der Waals surface area contributed by atoms with E-state index < -0.39 is 0 Å². The first-order chi connectivity index (χ1) is 21.8. The van der Waals surface area contributed by atoms with Gasteiger partial charge in [-0.05, 0) is 102 Å². The van der Waals surface area contributed by atoms with E-state index in [-0.39, 0.29) is 11.8 Å². The van der Waals surface area contributed by atoms with Gasteiger partial charge in [0.1, 0.15) is 11.5 Å². The highest BCUT2D eigenvalue weighted by Gasteiger charge is 2.11. The van der Waals surface area contributed by atoms with Crippen LogP contribution >= 0.6 is 11.8 Å². The predicted molar refractivity (Wildman–Crippen MR) is 186 cm³/mol. The number of hydrogen-bond donors (Lipinski definition) is 2. The van der Waals surface area contributed by atoms with Gasteiger partial charge in [-0.1, -0.05) is 66.7 Å². The zero-order valence-electron chi connectivity index (χ0n) is 26.9. The normalized spacial score (nSPS) is 10.6. The summed E-state index contributed by atoms with van der Waals surface area (Å²) in [6.07, 6.45) is 1.89. The van der Waals surface area contributed by atoms with Crippen molar-refractivity contribution >= 4 is 23.6 Å². The van der Waals surface area contributed by atoms with Gasteiger partial charge in [-0.25, -0.2) is 0 Å². The molecule has 0 aliphatic heterocycles. The van der Waals surface area contributed by atoms with Gasteiger partial charge in [0.05, 0.1) is 5.56 Å². The third kappa shape index (κ3) is 14.0. The number of nitrogens with zero attached hydrogens (tertiary/aromatic N) is 2. The number of carbonyl (C=O) groups excluding carboxylic acids is 2. The van der Waals surface area contributed by atoms with Crippen molar-refractivity contribution in [3.8, 4) is 11.5 Å². The summed E-state index contributed by atoms with van der Waals surface area (Å²) in [5.41, 5.74) is 2.63. The lowest BCUT2D eigenvalue weighted by Gasteiger charge is -2.12. The molecule has 0 radical (unpaired) electrons. The average molecular weight is 627 g/mol. The molecule has 0 atom stereocenters. The van der Waals surface area contributed by atoms with Crippen LogP contribution in [0.15, 0.2) is 114 Å². The fourth-order valence-corrected chi connectivity index (χ4v) is 5.24. The Balaban J connectivity index is 0.000000246. The van der Waals surface area contributed by atoms with Crippen LogP contribution in [0.2, 0.25) is 0 Å². The quantitative estimate of drug-likeness (QED) is 0.111. The average Bonchev–Trinajstić information content (AvgIpc) is 3.05. The fourth-order valence-electron chi connectivity index (χ4n) is 4.23. The molecule has 8 heteroatoms. The highest BCUT2D eigenvalue weighted by Crippen LogP contribution is 2.26. The standard InChI is InChI=1S/C19H24N2OS.C18H22N2O2/c1-21(2)14-8-13-20-19(22)17-11-6-7-12-18(17)23-15-16-9-4-3-5-10-16;1-20(2)13-7-12-19-18(21)15-8-6-11-17(14-15)22-16-9-4-3-5-10-16/h3-7,9-12H,8,13-15H2,1-2H3,(H,20,22);3-6,8-11,14H,7,12-13H2,1-2H3,(H,19,21). The minimum absolute atomic E-state index is 0.0138. The number of hydrogen-bond acceptors (Lipinski definition) is 6. The lowest BCUT2D eigenvalue weighted by molar-refractivity contribution is 0.0942. The summed E-state index contributed by atoms with van der Waals surface area (Å²) in [5.74, 6) is 2.22.